The van der Waals surface area contributed by atoms with E-state index in [9.17, 15) is 9.59 Å². The second-order valence-electron chi connectivity index (χ2n) is 7.62. The second kappa shape index (κ2) is 9.57. The Morgan fingerprint density at radius 1 is 1.10 bits per heavy atom. The Balaban J connectivity index is 1.56. The number of hydrogen-bond acceptors (Lipinski definition) is 5. The summed E-state index contributed by atoms with van der Waals surface area (Å²) in [6, 6.07) is 13.2. The quantitative estimate of drug-likeness (QED) is 0.598. The fourth-order valence-corrected chi connectivity index (χ4v) is 3.88. The molecule has 0 saturated carbocycles. The number of rotatable bonds is 5. The molecule has 0 bridgehead atoms. The summed E-state index contributed by atoms with van der Waals surface area (Å²) in [6.45, 7) is 3.08. The topological polar surface area (TPSA) is 75.9 Å². The highest BCUT2D eigenvalue weighted by atomic mass is 16.5. The van der Waals surface area contributed by atoms with E-state index in [2.05, 4.69) is 33.6 Å². The van der Waals surface area contributed by atoms with Crippen LogP contribution in [0.4, 0.5) is 0 Å². The molecule has 0 spiro atoms. The maximum absolute atomic E-state index is 12.4. The number of carbonyl (C=O) groups excluding carboxylic acids is 1. The number of amides is 1. The summed E-state index contributed by atoms with van der Waals surface area (Å²) in [5.41, 5.74) is 7.54. The molecule has 0 radical (unpaired) electrons. The Kier molecular flexibility index (Phi) is 6.43. The molecule has 31 heavy (non-hydrogen) atoms. The Labute approximate surface area is 181 Å². The van der Waals surface area contributed by atoms with Crippen LogP contribution in [0.2, 0.25) is 0 Å². The van der Waals surface area contributed by atoms with Crippen LogP contribution < -0.4 is 11.0 Å². The van der Waals surface area contributed by atoms with Crippen molar-refractivity contribution < 1.29 is 9.53 Å². The van der Waals surface area contributed by atoms with E-state index in [0.717, 1.165) is 31.5 Å². The van der Waals surface area contributed by atoms with Gasteiger partial charge in [-0.15, -0.1) is 0 Å². The minimum Gasteiger partial charge on any atom is -0.378 e. The number of aromatic nitrogens is 1. The molecule has 1 aliphatic carbocycles. The van der Waals surface area contributed by atoms with E-state index in [1.807, 2.05) is 18.2 Å². The number of hydrazone groups is 1. The molecule has 1 amide bonds. The van der Waals surface area contributed by atoms with Crippen molar-refractivity contribution in [2.45, 2.75) is 12.8 Å². The number of pyridine rings is 1. The SMILES string of the molecule is Cn1cc(C(=O)N/N=C/C2=C(N3CCOCC3)C(=C\c3ccccc3)/CC2)ccc1=O. The Morgan fingerprint density at radius 2 is 1.87 bits per heavy atom. The Morgan fingerprint density at radius 3 is 2.61 bits per heavy atom. The molecule has 1 fully saturated rings. The number of aryl methyl sites for hydroxylation is 1. The van der Waals surface area contributed by atoms with Gasteiger partial charge in [-0.3, -0.25) is 9.59 Å². The van der Waals surface area contributed by atoms with Crippen LogP contribution in [0.1, 0.15) is 28.8 Å². The predicted octanol–water partition coefficient (Wildman–Crippen LogP) is 2.56. The van der Waals surface area contributed by atoms with Gasteiger partial charge in [0.25, 0.3) is 5.91 Å². The molecule has 1 aromatic heterocycles. The fourth-order valence-electron chi connectivity index (χ4n) is 3.88. The predicted molar refractivity (Wildman–Crippen MR) is 121 cm³/mol. The molecule has 2 aliphatic rings. The standard InChI is InChI=1S/C24H26N4O3/c1-27-17-21(9-10-22(27)29)24(30)26-25-16-20-8-7-19(15-18-5-3-2-4-6-18)23(20)28-11-13-31-14-12-28/h2-6,9-10,15-17H,7-8,11-14H2,1H3,(H,26,30)/b19-15-,25-16+. The van der Waals surface area contributed by atoms with E-state index in [-0.39, 0.29) is 11.5 Å². The molecular formula is C24H26N4O3. The van der Waals surface area contributed by atoms with Crippen LogP contribution in [0, 0.1) is 0 Å². The van der Waals surface area contributed by atoms with Gasteiger partial charge in [0.1, 0.15) is 0 Å². The maximum Gasteiger partial charge on any atom is 0.272 e. The zero-order valence-electron chi connectivity index (χ0n) is 17.6. The minimum atomic E-state index is -0.349. The van der Waals surface area contributed by atoms with Crippen LogP contribution in [0.5, 0.6) is 0 Å². The van der Waals surface area contributed by atoms with Gasteiger partial charge in [0.05, 0.1) is 25.0 Å². The third-order valence-corrected chi connectivity index (χ3v) is 5.47. The minimum absolute atomic E-state index is 0.163. The lowest BCUT2D eigenvalue weighted by Gasteiger charge is -2.31. The first kappa shape index (κ1) is 20.8. The van der Waals surface area contributed by atoms with Gasteiger partial charge in [0, 0.05) is 38.1 Å². The van der Waals surface area contributed by atoms with Crippen LogP contribution in [-0.2, 0) is 11.8 Å². The number of morpholine rings is 1. The summed E-state index contributed by atoms with van der Waals surface area (Å²) in [6.07, 6.45) is 7.27. The molecule has 2 aromatic rings. The van der Waals surface area contributed by atoms with Gasteiger partial charge in [-0.2, -0.15) is 5.10 Å². The number of benzene rings is 1. The number of nitrogens with one attached hydrogen (secondary N) is 1. The van der Waals surface area contributed by atoms with Crippen LogP contribution in [-0.4, -0.2) is 47.9 Å². The van der Waals surface area contributed by atoms with Gasteiger partial charge >= 0.3 is 0 Å². The van der Waals surface area contributed by atoms with Gasteiger partial charge in [0.15, 0.2) is 0 Å². The van der Waals surface area contributed by atoms with Gasteiger partial charge < -0.3 is 14.2 Å². The normalized spacial score (nSPS) is 18.2. The molecule has 4 rings (SSSR count). The maximum atomic E-state index is 12.4. The summed E-state index contributed by atoms with van der Waals surface area (Å²) in [5.74, 6) is -0.349. The van der Waals surface area contributed by atoms with Crippen molar-refractivity contribution in [1.82, 2.24) is 14.9 Å². The largest absolute Gasteiger partial charge is 0.378 e. The van der Waals surface area contributed by atoms with Crippen molar-refractivity contribution in [3.05, 3.63) is 87.0 Å². The molecule has 7 heteroatoms. The van der Waals surface area contributed by atoms with Gasteiger partial charge in [-0.1, -0.05) is 30.3 Å². The third kappa shape index (κ3) is 5.00. The molecule has 1 aromatic carbocycles. The van der Waals surface area contributed by atoms with Crippen molar-refractivity contribution >= 4 is 18.2 Å². The van der Waals surface area contributed by atoms with E-state index >= 15 is 0 Å². The van der Waals surface area contributed by atoms with Crippen molar-refractivity contribution in [1.29, 1.82) is 0 Å². The third-order valence-electron chi connectivity index (χ3n) is 5.47. The molecule has 0 atom stereocenters. The average Bonchev–Trinajstić information content (AvgIpc) is 3.19. The lowest BCUT2D eigenvalue weighted by molar-refractivity contribution is 0.0548. The van der Waals surface area contributed by atoms with Gasteiger partial charge in [-0.25, -0.2) is 5.43 Å². The highest BCUT2D eigenvalue weighted by Gasteiger charge is 2.25. The van der Waals surface area contributed by atoms with Crippen LogP contribution in [0.3, 0.4) is 0 Å². The van der Waals surface area contributed by atoms with Crippen LogP contribution in [0.25, 0.3) is 6.08 Å². The molecule has 1 saturated heterocycles. The first-order valence-corrected chi connectivity index (χ1v) is 10.4. The van der Waals surface area contributed by atoms with Crippen molar-refractivity contribution in [3.8, 4) is 0 Å². The smallest absolute Gasteiger partial charge is 0.272 e. The van der Waals surface area contributed by atoms with E-state index in [4.69, 9.17) is 4.74 Å². The molecule has 1 N–H and O–H groups in total. The van der Waals surface area contributed by atoms with E-state index in [1.165, 1.54) is 39.7 Å². The summed E-state index contributed by atoms with van der Waals surface area (Å²) >= 11 is 0. The van der Waals surface area contributed by atoms with Gasteiger partial charge in [0.2, 0.25) is 5.56 Å². The molecule has 2 heterocycles. The number of nitrogens with zero attached hydrogens (tertiary/aromatic N) is 3. The Bertz CT molecular complexity index is 1090. The number of ether oxygens (including phenoxy) is 1. The van der Waals surface area contributed by atoms with E-state index < -0.39 is 0 Å². The zero-order chi connectivity index (χ0) is 21.6. The average molecular weight is 418 g/mol. The summed E-state index contributed by atoms with van der Waals surface area (Å²) in [4.78, 5) is 26.2. The molecule has 1 aliphatic heterocycles. The van der Waals surface area contributed by atoms with Crippen molar-refractivity contribution in [2.24, 2.45) is 12.1 Å². The number of allylic oxidation sites excluding steroid dienone is 2. The Hall–Kier alpha value is -3.45. The zero-order valence-corrected chi connectivity index (χ0v) is 17.6. The monoisotopic (exact) mass is 418 g/mol. The number of hydrogen-bond donors (Lipinski definition) is 1. The first-order chi connectivity index (χ1) is 15.1. The highest BCUT2D eigenvalue weighted by Crippen LogP contribution is 2.34. The molecule has 0 unspecified atom stereocenters. The summed E-state index contributed by atoms with van der Waals surface area (Å²) < 4.78 is 6.90. The fraction of sp³-hybridized carbons (Fsp3) is 0.292. The second-order valence-corrected chi connectivity index (χ2v) is 7.62. The highest BCUT2D eigenvalue weighted by molar-refractivity contribution is 5.94. The van der Waals surface area contributed by atoms with Crippen molar-refractivity contribution in [2.75, 3.05) is 26.3 Å². The van der Waals surface area contributed by atoms with Gasteiger partial charge in [-0.05, 0) is 41.7 Å². The lowest BCUT2D eigenvalue weighted by Crippen LogP contribution is -2.36. The summed E-state index contributed by atoms with van der Waals surface area (Å²) in [7, 11) is 1.61. The van der Waals surface area contributed by atoms with E-state index in [0.29, 0.717) is 18.8 Å². The number of carbonyl (C=O) groups is 1. The van der Waals surface area contributed by atoms with Crippen molar-refractivity contribution in [3.63, 3.8) is 0 Å². The lowest BCUT2D eigenvalue weighted by atomic mass is 10.1. The van der Waals surface area contributed by atoms with E-state index in [1.54, 1.807) is 13.3 Å². The first-order valence-electron chi connectivity index (χ1n) is 10.4. The molecular weight excluding hydrogens is 392 g/mol. The summed E-state index contributed by atoms with van der Waals surface area (Å²) in [5, 5.41) is 4.21. The molecule has 160 valence electrons. The van der Waals surface area contributed by atoms with Crippen LogP contribution >= 0.6 is 0 Å². The molecule has 7 nitrogen and oxygen atoms in total. The van der Waals surface area contributed by atoms with Crippen LogP contribution in [0.15, 0.2) is 75.4 Å².